The Bertz CT molecular complexity index is 588. The third-order valence-corrected chi connectivity index (χ3v) is 3.78. The number of pyridine rings is 1. The summed E-state index contributed by atoms with van der Waals surface area (Å²) in [4.78, 5) is 9.24. The van der Waals surface area contributed by atoms with Crippen molar-refractivity contribution >= 4 is 22.8 Å². The molecule has 1 saturated heterocycles. The predicted octanol–water partition coefficient (Wildman–Crippen LogP) is 3.08. The molecule has 0 saturated carbocycles. The molecule has 19 heavy (non-hydrogen) atoms. The molecule has 3 rings (SSSR count). The molecule has 1 fully saturated rings. The first kappa shape index (κ1) is 12.9. The molecular weight excluding hydrogens is 262 g/mol. The minimum atomic E-state index is -0.114. The number of alkyl halides is 1. The van der Waals surface area contributed by atoms with Gasteiger partial charge in [0.25, 0.3) is 0 Å². The van der Waals surface area contributed by atoms with Crippen LogP contribution in [0.1, 0.15) is 30.2 Å². The van der Waals surface area contributed by atoms with Crippen molar-refractivity contribution < 1.29 is 4.74 Å². The lowest BCUT2D eigenvalue weighted by atomic mass is 10.1. The number of hydrogen-bond donors (Lipinski definition) is 0. The molecule has 0 amide bonds. The normalized spacial score (nSPS) is 21.1. The van der Waals surface area contributed by atoms with Gasteiger partial charge in [0.2, 0.25) is 0 Å². The maximum absolute atomic E-state index is 6.26. The van der Waals surface area contributed by atoms with E-state index in [1.807, 2.05) is 26.0 Å². The van der Waals surface area contributed by atoms with Crippen LogP contribution in [-0.2, 0) is 11.3 Å². The van der Waals surface area contributed by atoms with Crippen LogP contribution in [0.25, 0.3) is 11.2 Å². The van der Waals surface area contributed by atoms with Gasteiger partial charge in [0.15, 0.2) is 5.65 Å². The Morgan fingerprint density at radius 2 is 2.32 bits per heavy atom. The minimum Gasteiger partial charge on any atom is -0.381 e. The molecular formula is C14H18ClN3O. The third-order valence-electron chi connectivity index (χ3n) is 3.58. The van der Waals surface area contributed by atoms with E-state index in [4.69, 9.17) is 16.3 Å². The lowest BCUT2D eigenvalue weighted by Gasteiger charge is -2.13. The van der Waals surface area contributed by atoms with E-state index in [0.29, 0.717) is 5.92 Å². The monoisotopic (exact) mass is 279 g/mol. The summed E-state index contributed by atoms with van der Waals surface area (Å²) < 4.78 is 7.62. The molecule has 2 unspecified atom stereocenters. The lowest BCUT2D eigenvalue weighted by molar-refractivity contribution is 0.182. The van der Waals surface area contributed by atoms with Crippen molar-refractivity contribution in [2.75, 3.05) is 13.2 Å². The number of nitrogens with zero attached hydrogens (tertiary/aromatic N) is 3. The van der Waals surface area contributed by atoms with Crippen LogP contribution in [0.15, 0.2) is 12.1 Å². The van der Waals surface area contributed by atoms with Gasteiger partial charge in [-0.05, 0) is 32.4 Å². The molecule has 2 aromatic rings. The highest BCUT2D eigenvalue weighted by molar-refractivity contribution is 6.20. The van der Waals surface area contributed by atoms with Crippen molar-refractivity contribution in [1.29, 1.82) is 0 Å². The summed E-state index contributed by atoms with van der Waals surface area (Å²) >= 11 is 6.26. The highest BCUT2D eigenvalue weighted by Gasteiger charge is 2.22. The first-order valence-electron chi connectivity index (χ1n) is 6.70. The van der Waals surface area contributed by atoms with Crippen LogP contribution >= 0.6 is 11.6 Å². The van der Waals surface area contributed by atoms with Crippen LogP contribution < -0.4 is 0 Å². The van der Waals surface area contributed by atoms with E-state index in [1.165, 1.54) is 0 Å². The first-order chi connectivity index (χ1) is 9.15. The summed E-state index contributed by atoms with van der Waals surface area (Å²) in [6, 6.07) is 4.00. The molecule has 1 aliphatic heterocycles. The fourth-order valence-corrected chi connectivity index (χ4v) is 2.75. The van der Waals surface area contributed by atoms with Gasteiger partial charge in [0, 0.05) is 24.8 Å². The third kappa shape index (κ3) is 2.47. The molecule has 1 aliphatic rings. The molecule has 0 aromatic carbocycles. The lowest BCUT2D eigenvalue weighted by Crippen LogP contribution is -2.14. The summed E-state index contributed by atoms with van der Waals surface area (Å²) in [5.74, 6) is 1.44. The van der Waals surface area contributed by atoms with Crippen LogP contribution in [0, 0.1) is 12.8 Å². The van der Waals surface area contributed by atoms with Gasteiger partial charge in [-0.1, -0.05) is 0 Å². The van der Waals surface area contributed by atoms with E-state index in [9.17, 15) is 0 Å². The zero-order valence-electron chi connectivity index (χ0n) is 11.3. The fraction of sp³-hybridized carbons (Fsp3) is 0.571. The maximum Gasteiger partial charge on any atom is 0.160 e. The number of ether oxygens (including phenoxy) is 1. The molecule has 0 radical (unpaired) electrons. The van der Waals surface area contributed by atoms with E-state index in [2.05, 4.69) is 14.5 Å². The van der Waals surface area contributed by atoms with Gasteiger partial charge < -0.3 is 9.30 Å². The zero-order valence-corrected chi connectivity index (χ0v) is 12.0. The van der Waals surface area contributed by atoms with Crippen molar-refractivity contribution in [3.63, 3.8) is 0 Å². The van der Waals surface area contributed by atoms with Gasteiger partial charge >= 0.3 is 0 Å². The summed E-state index contributed by atoms with van der Waals surface area (Å²) in [6.07, 6.45) is 1.10. The van der Waals surface area contributed by atoms with E-state index in [-0.39, 0.29) is 5.38 Å². The highest BCUT2D eigenvalue weighted by atomic mass is 35.5. The number of halogens is 1. The molecule has 0 N–H and O–H groups in total. The van der Waals surface area contributed by atoms with Crippen LogP contribution in [0.2, 0.25) is 0 Å². The van der Waals surface area contributed by atoms with Gasteiger partial charge in [0.05, 0.1) is 12.0 Å². The Labute approximate surface area is 117 Å². The molecule has 4 nitrogen and oxygen atoms in total. The van der Waals surface area contributed by atoms with Crippen LogP contribution in [0.5, 0.6) is 0 Å². The van der Waals surface area contributed by atoms with Crippen LogP contribution in [0.4, 0.5) is 0 Å². The maximum atomic E-state index is 6.26. The Hall–Kier alpha value is -1.13. The summed E-state index contributed by atoms with van der Waals surface area (Å²) in [7, 11) is 0. The summed E-state index contributed by atoms with van der Waals surface area (Å²) in [5, 5.41) is -0.114. The van der Waals surface area contributed by atoms with Crippen molar-refractivity contribution in [3.05, 3.63) is 23.7 Å². The zero-order chi connectivity index (χ0) is 13.4. The fourth-order valence-electron chi connectivity index (χ4n) is 2.58. The molecule has 2 aromatic heterocycles. The van der Waals surface area contributed by atoms with Crippen molar-refractivity contribution in [3.8, 4) is 0 Å². The number of aromatic nitrogens is 3. The van der Waals surface area contributed by atoms with Gasteiger partial charge in [-0.25, -0.2) is 9.97 Å². The second-order valence-electron chi connectivity index (χ2n) is 5.22. The Balaban J connectivity index is 2.06. The molecule has 102 valence electrons. The Morgan fingerprint density at radius 1 is 1.47 bits per heavy atom. The van der Waals surface area contributed by atoms with Crippen molar-refractivity contribution in [1.82, 2.24) is 14.5 Å². The average Bonchev–Trinajstić information content (AvgIpc) is 2.98. The largest absolute Gasteiger partial charge is 0.381 e. The molecule has 0 spiro atoms. The Kier molecular flexibility index (Phi) is 3.46. The summed E-state index contributed by atoms with van der Waals surface area (Å²) in [5.41, 5.74) is 2.87. The number of fused-ring (bicyclic) bond motifs is 1. The van der Waals surface area contributed by atoms with Gasteiger partial charge in [0.1, 0.15) is 11.3 Å². The predicted molar refractivity (Wildman–Crippen MR) is 75.5 cm³/mol. The summed E-state index contributed by atoms with van der Waals surface area (Å²) in [6.45, 7) is 6.52. The number of aryl methyl sites for hydroxylation is 1. The van der Waals surface area contributed by atoms with Crippen LogP contribution in [-0.4, -0.2) is 27.7 Å². The standard InChI is InChI=1S/C14H18ClN3O/c1-9-3-4-12-14(16-9)18(13(17-12)10(2)15)7-11-5-6-19-8-11/h3-4,10-11H,5-8H2,1-2H3. The highest BCUT2D eigenvalue weighted by Crippen LogP contribution is 2.26. The van der Waals surface area contributed by atoms with Crippen molar-refractivity contribution in [2.24, 2.45) is 5.92 Å². The second kappa shape index (κ2) is 5.10. The first-order valence-corrected chi connectivity index (χ1v) is 7.14. The van der Waals surface area contributed by atoms with E-state index in [1.54, 1.807) is 0 Å². The molecule has 5 heteroatoms. The van der Waals surface area contributed by atoms with Gasteiger partial charge in [-0.3, -0.25) is 0 Å². The van der Waals surface area contributed by atoms with Crippen molar-refractivity contribution in [2.45, 2.75) is 32.2 Å². The number of rotatable bonds is 3. The number of imidazole rings is 1. The van der Waals surface area contributed by atoms with E-state index < -0.39 is 0 Å². The minimum absolute atomic E-state index is 0.114. The Morgan fingerprint density at radius 3 is 3.00 bits per heavy atom. The average molecular weight is 280 g/mol. The second-order valence-corrected chi connectivity index (χ2v) is 5.88. The quantitative estimate of drug-likeness (QED) is 0.811. The van der Waals surface area contributed by atoms with Gasteiger partial charge in [-0.15, -0.1) is 11.6 Å². The van der Waals surface area contributed by atoms with E-state index >= 15 is 0 Å². The van der Waals surface area contributed by atoms with Gasteiger partial charge in [-0.2, -0.15) is 0 Å². The smallest absolute Gasteiger partial charge is 0.160 e. The van der Waals surface area contributed by atoms with Crippen LogP contribution in [0.3, 0.4) is 0 Å². The molecule has 0 bridgehead atoms. The number of hydrogen-bond acceptors (Lipinski definition) is 3. The topological polar surface area (TPSA) is 39.9 Å². The SMILES string of the molecule is Cc1ccc2nc(C(C)Cl)n(CC3CCOC3)c2n1. The molecule has 2 atom stereocenters. The molecule has 3 heterocycles. The van der Waals surface area contributed by atoms with E-state index in [0.717, 1.165) is 48.9 Å². The molecule has 0 aliphatic carbocycles.